The van der Waals surface area contributed by atoms with Crippen LogP contribution in [0.2, 0.25) is 0 Å². The number of rotatable bonds is 4. The molecule has 2 heteroatoms. The van der Waals surface area contributed by atoms with Gasteiger partial charge in [0.15, 0.2) is 0 Å². The number of carbonyl (C=O) groups is 2. The normalized spacial score (nSPS) is 14.2. The van der Waals surface area contributed by atoms with E-state index in [2.05, 4.69) is 0 Å². The van der Waals surface area contributed by atoms with Gasteiger partial charge in [-0.05, 0) is 12.8 Å². The number of carbonyl (C=O) groups excluding carboxylic acids is 2. The van der Waals surface area contributed by atoms with Crippen molar-refractivity contribution >= 4 is 11.6 Å². The van der Waals surface area contributed by atoms with E-state index in [0.717, 1.165) is 0 Å². The van der Waals surface area contributed by atoms with Crippen LogP contribution in [0.5, 0.6) is 0 Å². The van der Waals surface area contributed by atoms with Gasteiger partial charge in [0.2, 0.25) is 0 Å². The van der Waals surface area contributed by atoms with E-state index in [4.69, 9.17) is 0 Å². The predicted octanol–water partition coefficient (Wildman–Crippen LogP) is 2.85. The van der Waals surface area contributed by atoms with E-state index in [1.165, 1.54) is 0 Å². The third-order valence-corrected chi connectivity index (χ3v) is 2.22. The first-order valence-electron chi connectivity index (χ1n) is 5.23. The molecule has 0 amide bonds. The van der Waals surface area contributed by atoms with E-state index in [1.807, 2.05) is 34.6 Å². The Kier molecular flexibility index (Phi) is 4.50. The van der Waals surface area contributed by atoms with Gasteiger partial charge in [0.1, 0.15) is 11.6 Å². The Hall–Kier alpha value is -0.660. The number of hydrogen-bond acceptors (Lipinski definition) is 2. The molecular weight excluding hydrogens is 176 g/mol. The molecule has 1 unspecified atom stereocenters. The molecule has 0 N–H and O–H groups in total. The Balaban J connectivity index is 4.41. The van der Waals surface area contributed by atoms with Gasteiger partial charge < -0.3 is 0 Å². The standard InChI is InChI=1S/C12H22O2/c1-8(2)7-10(13)9(3)11(14)12(4,5)6/h8-9H,7H2,1-6H3. The molecule has 0 aromatic rings. The Labute approximate surface area is 87.1 Å². The number of Topliss-reactive ketones (excluding diaryl/α,β-unsaturated/α-hetero) is 2. The number of ketones is 2. The lowest BCUT2D eigenvalue weighted by Crippen LogP contribution is -2.32. The summed E-state index contributed by atoms with van der Waals surface area (Å²) in [5, 5.41) is 0. The Morgan fingerprint density at radius 2 is 1.50 bits per heavy atom. The molecule has 0 bridgehead atoms. The molecular formula is C12H22O2. The minimum Gasteiger partial charge on any atom is -0.299 e. The molecule has 0 aromatic heterocycles. The molecule has 0 heterocycles. The quantitative estimate of drug-likeness (QED) is 0.651. The zero-order valence-electron chi connectivity index (χ0n) is 10.2. The molecule has 82 valence electrons. The highest BCUT2D eigenvalue weighted by atomic mass is 16.2. The van der Waals surface area contributed by atoms with Crippen LogP contribution in [0.1, 0.15) is 48.0 Å². The average molecular weight is 198 g/mol. The van der Waals surface area contributed by atoms with Crippen LogP contribution in [-0.2, 0) is 9.59 Å². The van der Waals surface area contributed by atoms with Gasteiger partial charge in [-0.2, -0.15) is 0 Å². The van der Waals surface area contributed by atoms with E-state index in [1.54, 1.807) is 6.92 Å². The second-order valence-corrected chi connectivity index (χ2v) is 5.40. The van der Waals surface area contributed by atoms with Crippen LogP contribution in [0.15, 0.2) is 0 Å². The summed E-state index contributed by atoms with van der Waals surface area (Å²) in [5.41, 5.74) is -0.411. The molecule has 0 aliphatic rings. The summed E-state index contributed by atoms with van der Waals surface area (Å²) in [6, 6.07) is 0. The maximum Gasteiger partial charge on any atom is 0.148 e. The molecule has 0 aliphatic heterocycles. The van der Waals surface area contributed by atoms with Crippen LogP contribution in [0.4, 0.5) is 0 Å². The molecule has 0 spiro atoms. The lowest BCUT2D eigenvalue weighted by atomic mass is 9.81. The highest BCUT2D eigenvalue weighted by molar-refractivity contribution is 6.04. The average Bonchev–Trinajstić information content (AvgIpc) is 1.98. The van der Waals surface area contributed by atoms with Crippen LogP contribution in [-0.4, -0.2) is 11.6 Å². The van der Waals surface area contributed by atoms with Gasteiger partial charge in [0.25, 0.3) is 0 Å². The molecule has 0 aromatic carbocycles. The van der Waals surface area contributed by atoms with Gasteiger partial charge in [-0.3, -0.25) is 9.59 Å². The van der Waals surface area contributed by atoms with Crippen LogP contribution in [0.25, 0.3) is 0 Å². The third-order valence-electron chi connectivity index (χ3n) is 2.22. The van der Waals surface area contributed by atoms with Gasteiger partial charge in [-0.1, -0.05) is 34.6 Å². The molecule has 1 atom stereocenters. The first kappa shape index (κ1) is 13.3. The molecule has 0 saturated heterocycles. The van der Waals surface area contributed by atoms with Crippen LogP contribution in [0, 0.1) is 17.3 Å². The summed E-state index contributed by atoms with van der Waals surface area (Å²) in [4.78, 5) is 23.4. The maximum atomic E-state index is 11.8. The van der Waals surface area contributed by atoms with Crippen molar-refractivity contribution in [1.82, 2.24) is 0 Å². The minimum atomic E-state index is -0.447. The second kappa shape index (κ2) is 4.72. The van der Waals surface area contributed by atoms with Crippen molar-refractivity contribution in [3.63, 3.8) is 0 Å². The summed E-state index contributed by atoms with van der Waals surface area (Å²) in [7, 11) is 0. The van der Waals surface area contributed by atoms with Crippen LogP contribution in [0.3, 0.4) is 0 Å². The highest BCUT2D eigenvalue weighted by Gasteiger charge is 2.30. The molecule has 14 heavy (non-hydrogen) atoms. The fraction of sp³-hybridized carbons (Fsp3) is 0.833. The molecule has 0 fully saturated rings. The van der Waals surface area contributed by atoms with Gasteiger partial charge in [-0.25, -0.2) is 0 Å². The summed E-state index contributed by atoms with van der Waals surface area (Å²) < 4.78 is 0. The summed E-state index contributed by atoms with van der Waals surface area (Å²) >= 11 is 0. The lowest BCUT2D eigenvalue weighted by molar-refractivity contribution is -0.137. The zero-order valence-corrected chi connectivity index (χ0v) is 10.2. The smallest absolute Gasteiger partial charge is 0.148 e. The third kappa shape index (κ3) is 4.03. The van der Waals surface area contributed by atoms with E-state index in [9.17, 15) is 9.59 Å². The molecule has 0 rings (SSSR count). The fourth-order valence-electron chi connectivity index (χ4n) is 1.37. The van der Waals surface area contributed by atoms with E-state index in [0.29, 0.717) is 12.3 Å². The topological polar surface area (TPSA) is 34.1 Å². The van der Waals surface area contributed by atoms with E-state index in [-0.39, 0.29) is 11.6 Å². The van der Waals surface area contributed by atoms with Crippen molar-refractivity contribution in [3.8, 4) is 0 Å². The van der Waals surface area contributed by atoms with Gasteiger partial charge in [0.05, 0.1) is 5.92 Å². The van der Waals surface area contributed by atoms with Gasteiger partial charge >= 0.3 is 0 Å². The minimum absolute atomic E-state index is 0.0446. The van der Waals surface area contributed by atoms with Crippen molar-refractivity contribution in [2.75, 3.05) is 0 Å². The first-order valence-corrected chi connectivity index (χ1v) is 5.23. The molecule has 2 nitrogen and oxygen atoms in total. The molecule has 0 radical (unpaired) electrons. The number of hydrogen-bond donors (Lipinski definition) is 0. The summed E-state index contributed by atoms with van der Waals surface area (Å²) in [5.74, 6) is -0.00167. The monoisotopic (exact) mass is 198 g/mol. The fourth-order valence-corrected chi connectivity index (χ4v) is 1.37. The Bertz CT molecular complexity index is 221. The first-order chi connectivity index (χ1) is 6.16. The van der Waals surface area contributed by atoms with Crippen molar-refractivity contribution in [2.45, 2.75) is 48.0 Å². The Morgan fingerprint density at radius 3 is 1.79 bits per heavy atom. The van der Waals surface area contributed by atoms with Gasteiger partial charge in [-0.15, -0.1) is 0 Å². The highest BCUT2D eigenvalue weighted by Crippen LogP contribution is 2.22. The van der Waals surface area contributed by atoms with E-state index < -0.39 is 11.3 Å². The molecule has 0 aliphatic carbocycles. The largest absolute Gasteiger partial charge is 0.299 e. The van der Waals surface area contributed by atoms with Crippen molar-refractivity contribution < 1.29 is 9.59 Å². The van der Waals surface area contributed by atoms with Crippen LogP contribution >= 0.6 is 0 Å². The van der Waals surface area contributed by atoms with Crippen LogP contribution < -0.4 is 0 Å². The lowest BCUT2D eigenvalue weighted by Gasteiger charge is -2.21. The SMILES string of the molecule is CC(C)CC(=O)C(C)C(=O)C(C)(C)C. The van der Waals surface area contributed by atoms with Crippen molar-refractivity contribution in [3.05, 3.63) is 0 Å². The van der Waals surface area contributed by atoms with E-state index >= 15 is 0 Å². The summed E-state index contributed by atoms with van der Waals surface area (Å²) in [6.45, 7) is 11.3. The van der Waals surface area contributed by atoms with Crippen molar-refractivity contribution in [1.29, 1.82) is 0 Å². The van der Waals surface area contributed by atoms with Crippen molar-refractivity contribution in [2.24, 2.45) is 17.3 Å². The predicted molar refractivity (Wildman–Crippen MR) is 58.1 cm³/mol. The Morgan fingerprint density at radius 1 is 1.07 bits per heavy atom. The molecule has 0 saturated carbocycles. The second-order valence-electron chi connectivity index (χ2n) is 5.40. The maximum absolute atomic E-state index is 11.8. The zero-order chi connectivity index (χ0) is 11.5. The summed E-state index contributed by atoms with van der Waals surface area (Å²) in [6.07, 6.45) is 0.503. The van der Waals surface area contributed by atoms with Gasteiger partial charge in [0, 0.05) is 11.8 Å².